The highest BCUT2D eigenvalue weighted by Gasteiger charge is 2.01. The van der Waals surface area contributed by atoms with E-state index in [1.165, 1.54) is 18.1 Å². The highest BCUT2D eigenvalue weighted by Crippen LogP contribution is 2.08. The monoisotopic (exact) mass is 278 g/mol. The van der Waals surface area contributed by atoms with E-state index in [0.717, 1.165) is 16.6 Å². The summed E-state index contributed by atoms with van der Waals surface area (Å²) in [5.41, 5.74) is 0.827. The number of hydrogen-bond acceptors (Lipinski definition) is 6. The molecular weight excluding hydrogens is 264 g/mol. The zero-order valence-corrected chi connectivity index (χ0v) is 11.0. The molecule has 2 aromatic rings. The van der Waals surface area contributed by atoms with Crippen LogP contribution in [0, 0.1) is 0 Å². The fourth-order valence-electron chi connectivity index (χ4n) is 1.31. The van der Waals surface area contributed by atoms with Crippen molar-refractivity contribution < 1.29 is 4.79 Å². The Morgan fingerprint density at radius 1 is 1.47 bits per heavy atom. The van der Waals surface area contributed by atoms with E-state index in [1.54, 1.807) is 12.4 Å². The quantitative estimate of drug-likeness (QED) is 0.505. The lowest BCUT2D eigenvalue weighted by molar-refractivity contribution is -0.119. The molecule has 2 aromatic heterocycles. The van der Waals surface area contributed by atoms with Gasteiger partial charge in [-0.25, -0.2) is 4.98 Å². The Kier molecular flexibility index (Phi) is 5.17. The Balaban J connectivity index is 1.57. The zero-order valence-electron chi connectivity index (χ0n) is 10.2. The van der Waals surface area contributed by atoms with Crippen molar-refractivity contribution in [3.63, 3.8) is 0 Å². The van der Waals surface area contributed by atoms with Gasteiger partial charge in [0.15, 0.2) is 5.16 Å². The smallest absolute Gasteiger partial charge is 0.239 e. The molecule has 0 aliphatic heterocycles. The average molecular weight is 278 g/mol. The van der Waals surface area contributed by atoms with Gasteiger partial charge in [-0.2, -0.15) is 5.10 Å². The van der Waals surface area contributed by atoms with E-state index in [-0.39, 0.29) is 12.5 Å². The van der Waals surface area contributed by atoms with Crippen LogP contribution in [0.5, 0.6) is 0 Å². The van der Waals surface area contributed by atoms with Crippen LogP contribution in [0.15, 0.2) is 36.0 Å². The topological polar surface area (TPSA) is 95.6 Å². The maximum atomic E-state index is 11.5. The number of thioether (sulfide) groups is 1. The first-order chi connectivity index (χ1) is 9.34. The predicted molar refractivity (Wildman–Crippen MR) is 72.8 cm³/mol. The number of aromatic nitrogens is 4. The molecule has 0 bridgehead atoms. The molecule has 0 aromatic carbocycles. The van der Waals surface area contributed by atoms with Gasteiger partial charge in [-0.05, 0) is 12.1 Å². The van der Waals surface area contributed by atoms with Crippen LogP contribution in [0.3, 0.4) is 0 Å². The summed E-state index contributed by atoms with van der Waals surface area (Å²) >= 11 is 1.51. The normalized spacial score (nSPS) is 10.1. The predicted octanol–water partition coefficient (Wildman–Crippen LogP) is 0.520. The van der Waals surface area contributed by atoms with Gasteiger partial charge in [-0.1, -0.05) is 11.8 Å². The highest BCUT2D eigenvalue weighted by atomic mass is 32.2. The third-order valence-electron chi connectivity index (χ3n) is 2.17. The number of H-pyrrole nitrogens is 1. The maximum absolute atomic E-state index is 11.5. The van der Waals surface area contributed by atoms with Crippen LogP contribution in [0.4, 0.5) is 5.69 Å². The zero-order chi connectivity index (χ0) is 13.3. The summed E-state index contributed by atoms with van der Waals surface area (Å²) in [6, 6.07) is 3.67. The van der Waals surface area contributed by atoms with Crippen molar-refractivity contribution in [3.8, 4) is 0 Å². The molecule has 2 rings (SSSR count). The number of hydrogen-bond donors (Lipinski definition) is 3. The van der Waals surface area contributed by atoms with Crippen molar-refractivity contribution in [2.24, 2.45) is 0 Å². The summed E-state index contributed by atoms with van der Waals surface area (Å²) in [4.78, 5) is 19.5. The van der Waals surface area contributed by atoms with Gasteiger partial charge in [0.05, 0.1) is 12.2 Å². The summed E-state index contributed by atoms with van der Waals surface area (Å²) < 4.78 is 0. The molecule has 0 spiro atoms. The van der Waals surface area contributed by atoms with E-state index in [9.17, 15) is 4.79 Å². The van der Waals surface area contributed by atoms with Crippen LogP contribution >= 0.6 is 11.8 Å². The van der Waals surface area contributed by atoms with Crippen molar-refractivity contribution in [2.45, 2.75) is 5.16 Å². The first kappa shape index (κ1) is 13.3. The fourth-order valence-corrected chi connectivity index (χ4v) is 1.95. The van der Waals surface area contributed by atoms with E-state index < -0.39 is 0 Å². The van der Waals surface area contributed by atoms with Gasteiger partial charge in [0, 0.05) is 24.7 Å². The van der Waals surface area contributed by atoms with Crippen LogP contribution in [-0.4, -0.2) is 44.9 Å². The summed E-state index contributed by atoms with van der Waals surface area (Å²) in [5, 5.41) is 13.0. The summed E-state index contributed by atoms with van der Waals surface area (Å²) in [6.07, 6.45) is 4.82. The highest BCUT2D eigenvalue weighted by molar-refractivity contribution is 7.99. The van der Waals surface area contributed by atoms with E-state index >= 15 is 0 Å². The third-order valence-corrected chi connectivity index (χ3v) is 3.05. The molecule has 0 aliphatic carbocycles. The molecule has 1 amide bonds. The Morgan fingerprint density at radius 2 is 2.42 bits per heavy atom. The van der Waals surface area contributed by atoms with Gasteiger partial charge in [-0.15, -0.1) is 0 Å². The molecule has 100 valence electrons. The molecule has 0 saturated heterocycles. The maximum Gasteiger partial charge on any atom is 0.239 e. The molecule has 0 atom stereocenters. The van der Waals surface area contributed by atoms with Gasteiger partial charge in [-0.3, -0.25) is 14.9 Å². The first-order valence-electron chi connectivity index (χ1n) is 5.73. The number of amides is 1. The Morgan fingerprint density at radius 3 is 3.16 bits per heavy atom. The number of nitrogens with zero attached hydrogens (tertiary/aromatic N) is 3. The Hall–Kier alpha value is -2.09. The van der Waals surface area contributed by atoms with Crippen molar-refractivity contribution in [1.82, 2.24) is 25.5 Å². The molecule has 7 nitrogen and oxygen atoms in total. The first-order valence-corrected chi connectivity index (χ1v) is 6.72. The average Bonchev–Trinajstić information content (AvgIpc) is 2.96. The minimum absolute atomic E-state index is 0.0537. The van der Waals surface area contributed by atoms with Crippen LogP contribution in [0.1, 0.15) is 0 Å². The van der Waals surface area contributed by atoms with E-state index in [4.69, 9.17) is 0 Å². The molecule has 0 unspecified atom stereocenters. The van der Waals surface area contributed by atoms with Crippen LogP contribution in [0.2, 0.25) is 0 Å². The van der Waals surface area contributed by atoms with Crippen LogP contribution in [0.25, 0.3) is 0 Å². The van der Waals surface area contributed by atoms with Gasteiger partial charge in [0.2, 0.25) is 5.91 Å². The second kappa shape index (κ2) is 7.37. The lowest BCUT2D eigenvalue weighted by Crippen LogP contribution is -2.31. The van der Waals surface area contributed by atoms with Crippen molar-refractivity contribution in [2.75, 3.05) is 24.2 Å². The third kappa shape index (κ3) is 4.96. The molecule has 0 fully saturated rings. The lowest BCUT2D eigenvalue weighted by Gasteiger charge is -2.06. The number of carbonyl (C=O) groups is 1. The van der Waals surface area contributed by atoms with Gasteiger partial charge in [0.25, 0.3) is 0 Å². The number of nitrogens with one attached hydrogen (secondary N) is 3. The molecule has 19 heavy (non-hydrogen) atoms. The SMILES string of the molecule is O=C(CNc1cccnc1)NCCSc1ncn[nH]1. The Labute approximate surface area is 114 Å². The second-order valence-corrected chi connectivity index (χ2v) is 4.67. The van der Waals surface area contributed by atoms with Gasteiger partial charge < -0.3 is 10.6 Å². The van der Waals surface area contributed by atoms with Gasteiger partial charge in [0.1, 0.15) is 6.33 Å². The number of rotatable bonds is 7. The number of aromatic amines is 1. The minimum atomic E-state index is -0.0537. The van der Waals surface area contributed by atoms with Crippen molar-refractivity contribution >= 4 is 23.4 Å². The minimum Gasteiger partial charge on any atom is -0.375 e. The number of carbonyl (C=O) groups excluding carboxylic acids is 1. The Bertz CT molecular complexity index is 489. The number of pyridine rings is 1. The molecule has 0 saturated carbocycles. The van der Waals surface area contributed by atoms with E-state index in [0.29, 0.717) is 6.54 Å². The molecular formula is C11H14N6OS. The van der Waals surface area contributed by atoms with E-state index in [1.807, 2.05) is 12.1 Å². The van der Waals surface area contributed by atoms with Crippen molar-refractivity contribution in [1.29, 1.82) is 0 Å². The standard InChI is InChI=1S/C11H14N6OS/c18-10(7-14-9-2-1-3-12-6-9)13-4-5-19-11-15-8-16-17-11/h1-3,6,8,14H,4-5,7H2,(H,13,18)(H,15,16,17). The van der Waals surface area contributed by atoms with Crippen LogP contribution in [-0.2, 0) is 4.79 Å². The largest absolute Gasteiger partial charge is 0.375 e. The number of anilines is 1. The van der Waals surface area contributed by atoms with E-state index in [2.05, 4.69) is 30.8 Å². The summed E-state index contributed by atoms with van der Waals surface area (Å²) in [6.45, 7) is 0.817. The molecule has 0 radical (unpaired) electrons. The van der Waals surface area contributed by atoms with Crippen LogP contribution < -0.4 is 10.6 Å². The molecule has 8 heteroatoms. The van der Waals surface area contributed by atoms with Gasteiger partial charge >= 0.3 is 0 Å². The molecule has 0 aliphatic rings. The summed E-state index contributed by atoms with van der Waals surface area (Å²) in [5.74, 6) is 0.690. The van der Waals surface area contributed by atoms with Crippen molar-refractivity contribution in [3.05, 3.63) is 30.9 Å². The second-order valence-electron chi connectivity index (χ2n) is 3.58. The summed E-state index contributed by atoms with van der Waals surface area (Å²) in [7, 11) is 0. The molecule has 2 heterocycles. The molecule has 3 N–H and O–H groups in total. The fraction of sp³-hybridized carbons (Fsp3) is 0.273. The lowest BCUT2D eigenvalue weighted by atomic mass is 10.4.